The molecule has 114 valence electrons. The first-order chi connectivity index (χ1) is 10.4. The Balaban J connectivity index is 2.04. The van der Waals surface area contributed by atoms with Crippen molar-refractivity contribution >= 4 is 23.4 Å². The van der Waals surface area contributed by atoms with Crippen molar-refractivity contribution in [1.82, 2.24) is 0 Å². The first-order valence-corrected chi connectivity index (χ1v) is 7.84. The Morgan fingerprint density at radius 1 is 1.09 bits per heavy atom. The average molecular weight is 323 g/mol. The summed E-state index contributed by atoms with van der Waals surface area (Å²) in [6.45, 7) is 0. The molecule has 2 aromatic rings. The van der Waals surface area contributed by atoms with Gasteiger partial charge in [-0.1, -0.05) is 18.2 Å². The van der Waals surface area contributed by atoms with Crippen LogP contribution in [-0.4, -0.2) is 12.2 Å². The van der Waals surface area contributed by atoms with Crippen molar-refractivity contribution in [3.63, 3.8) is 0 Å². The lowest BCUT2D eigenvalue weighted by molar-refractivity contribution is -0.137. The van der Waals surface area contributed by atoms with E-state index in [1.54, 1.807) is 24.3 Å². The zero-order valence-corrected chi connectivity index (χ0v) is 12.4. The van der Waals surface area contributed by atoms with E-state index in [0.717, 1.165) is 23.4 Å². The largest absolute Gasteiger partial charge is 0.416 e. The summed E-state index contributed by atoms with van der Waals surface area (Å²) < 4.78 is 38.4. The number of hydrogen-bond acceptors (Lipinski definition) is 2. The lowest BCUT2D eigenvalue weighted by atomic mass is 10.00. The van der Waals surface area contributed by atoms with Gasteiger partial charge in [0.2, 0.25) is 5.91 Å². The van der Waals surface area contributed by atoms with Crippen LogP contribution in [0.4, 0.5) is 18.9 Å². The van der Waals surface area contributed by atoms with E-state index in [4.69, 9.17) is 0 Å². The average Bonchev–Trinajstić information content (AvgIpc) is 2.80. The predicted molar refractivity (Wildman–Crippen MR) is 81.8 cm³/mol. The van der Waals surface area contributed by atoms with Gasteiger partial charge in [-0.3, -0.25) is 4.79 Å². The Labute approximate surface area is 129 Å². The van der Waals surface area contributed by atoms with Crippen molar-refractivity contribution in [2.75, 3.05) is 11.6 Å². The van der Waals surface area contributed by atoms with Crippen LogP contribution in [0.1, 0.15) is 16.4 Å². The second-order valence-electron chi connectivity index (χ2n) is 4.99. The molecule has 0 radical (unpaired) electrons. The molecule has 0 aliphatic carbocycles. The van der Waals surface area contributed by atoms with Gasteiger partial charge in [-0.05, 0) is 47.2 Å². The molecule has 1 atom stereocenters. The number of alkyl halides is 3. The number of amides is 1. The normalized spacial score (nSPS) is 17.3. The third-order valence-electron chi connectivity index (χ3n) is 3.59. The zero-order valence-electron chi connectivity index (χ0n) is 11.6. The van der Waals surface area contributed by atoms with Gasteiger partial charge in [0, 0.05) is 5.69 Å². The molecule has 0 spiro atoms. The third-order valence-corrected chi connectivity index (χ3v) is 4.53. The van der Waals surface area contributed by atoms with Gasteiger partial charge < -0.3 is 5.32 Å². The van der Waals surface area contributed by atoms with Crippen LogP contribution in [0.5, 0.6) is 0 Å². The molecule has 1 aliphatic rings. The van der Waals surface area contributed by atoms with E-state index in [-0.39, 0.29) is 11.2 Å². The number of anilines is 1. The molecular weight excluding hydrogens is 311 g/mol. The molecule has 1 aliphatic heterocycles. The van der Waals surface area contributed by atoms with Crippen molar-refractivity contribution < 1.29 is 18.0 Å². The van der Waals surface area contributed by atoms with Crippen molar-refractivity contribution in [3.05, 3.63) is 53.6 Å². The molecule has 1 heterocycles. The number of carbonyl (C=O) groups is 1. The van der Waals surface area contributed by atoms with E-state index < -0.39 is 11.7 Å². The monoisotopic (exact) mass is 323 g/mol. The minimum absolute atomic E-state index is 0.0938. The number of carbonyl (C=O) groups excluding carboxylic acids is 1. The second kappa shape index (κ2) is 5.35. The molecule has 0 saturated carbocycles. The minimum atomic E-state index is -4.37. The fourth-order valence-electron chi connectivity index (χ4n) is 2.52. The molecule has 22 heavy (non-hydrogen) atoms. The second-order valence-corrected chi connectivity index (χ2v) is 5.93. The topological polar surface area (TPSA) is 29.1 Å². The van der Waals surface area contributed by atoms with E-state index in [1.165, 1.54) is 17.8 Å². The zero-order chi connectivity index (χ0) is 15.9. The number of halogens is 3. The molecule has 1 unspecified atom stereocenters. The van der Waals surface area contributed by atoms with Crippen LogP contribution >= 0.6 is 11.8 Å². The number of nitrogens with one attached hydrogen (secondary N) is 1. The summed E-state index contributed by atoms with van der Waals surface area (Å²) in [7, 11) is 0. The summed E-state index contributed by atoms with van der Waals surface area (Å²) in [5.41, 5.74) is 2.01. The third kappa shape index (κ3) is 2.59. The van der Waals surface area contributed by atoms with E-state index in [0.29, 0.717) is 11.1 Å². The molecule has 2 nitrogen and oxygen atoms in total. The summed E-state index contributed by atoms with van der Waals surface area (Å²) in [6.07, 6.45) is -2.54. The van der Waals surface area contributed by atoms with E-state index in [1.807, 2.05) is 6.26 Å². The maximum Gasteiger partial charge on any atom is 0.416 e. The molecule has 0 aromatic heterocycles. The number of thioether (sulfide) groups is 1. The minimum Gasteiger partial charge on any atom is -0.325 e. The van der Waals surface area contributed by atoms with Crippen LogP contribution < -0.4 is 5.32 Å². The summed E-state index contributed by atoms with van der Waals surface area (Å²) in [6, 6.07) is 10.4. The fourth-order valence-corrected chi connectivity index (χ4v) is 3.24. The van der Waals surface area contributed by atoms with Crippen LogP contribution in [-0.2, 0) is 11.0 Å². The van der Waals surface area contributed by atoms with Gasteiger partial charge in [0.15, 0.2) is 0 Å². The Hall–Kier alpha value is -1.95. The Morgan fingerprint density at radius 3 is 2.50 bits per heavy atom. The van der Waals surface area contributed by atoms with Gasteiger partial charge in [0.25, 0.3) is 0 Å². The summed E-state index contributed by atoms with van der Waals surface area (Å²) in [5.74, 6) is -0.0938. The van der Waals surface area contributed by atoms with Crippen molar-refractivity contribution in [2.45, 2.75) is 11.4 Å². The number of hydrogen-bond donors (Lipinski definition) is 1. The van der Waals surface area contributed by atoms with Gasteiger partial charge in [-0.2, -0.15) is 13.2 Å². The number of benzene rings is 2. The van der Waals surface area contributed by atoms with Gasteiger partial charge >= 0.3 is 6.18 Å². The molecule has 3 rings (SSSR count). The van der Waals surface area contributed by atoms with E-state index in [9.17, 15) is 18.0 Å². The molecule has 1 amide bonds. The maximum absolute atomic E-state index is 12.8. The van der Waals surface area contributed by atoms with Gasteiger partial charge in [-0.15, -0.1) is 11.8 Å². The Bertz CT molecular complexity index is 742. The van der Waals surface area contributed by atoms with Gasteiger partial charge in [-0.25, -0.2) is 0 Å². The van der Waals surface area contributed by atoms with Crippen molar-refractivity contribution in [1.29, 1.82) is 0 Å². The van der Waals surface area contributed by atoms with Gasteiger partial charge in [0.1, 0.15) is 5.25 Å². The van der Waals surface area contributed by atoms with Crippen LogP contribution in [0.25, 0.3) is 11.1 Å². The highest BCUT2D eigenvalue weighted by Crippen LogP contribution is 2.41. The Morgan fingerprint density at radius 2 is 1.82 bits per heavy atom. The smallest absolute Gasteiger partial charge is 0.325 e. The van der Waals surface area contributed by atoms with E-state index >= 15 is 0 Å². The maximum atomic E-state index is 12.8. The molecule has 0 fully saturated rings. The summed E-state index contributed by atoms with van der Waals surface area (Å²) in [4.78, 5) is 11.8. The summed E-state index contributed by atoms with van der Waals surface area (Å²) >= 11 is 1.40. The summed E-state index contributed by atoms with van der Waals surface area (Å²) in [5, 5.41) is 2.45. The van der Waals surface area contributed by atoms with Crippen molar-refractivity contribution in [2.24, 2.45) is 0 Å². The van der Waals surface area contributed by atoms with Crippen LogP contribution in [0.15, 0.2) is 42.5 Å². The fraction of sp³-hybridized carbons (Fsp3) is 0.188. The Kier molecular flexibility index (Phi) is 3.64. The molecule has 1 N–H and O–H groups in total. The van der Waals surface area contributed by atoms with Crippen LogP contribution in [0.2, 0.25) is 0 Å². The molecule has 0 saturated heterocycles. The molecule has 6 heteroatoms. The van der Waals surface area contributed by atoms with Crippen LogP contribution in [0, 0.1) is 0 Å². The highest BCUT2D eigenvalue weighted by Gasteiger charge is 2.31. The first-order valence-electron chi connectivity index (χ1n) is 6.55. The highest BCUT2D eigenvalue weighted by molar-refractivity contribution is 7.99. The van der Waals surface area contributed by atoms with Crippen LogP contribution in [0.3, 0.4) is 0 Å². The standard InChI is InChI=1S/C16H12F3NOS/c1-22-14-12-8-10(5-6-13(12)20-15(14)21)9-3-2-4-11(7-9)16(17,18)19/h2-8,14H,1H3,(H,20,21). The number of fused-ring (bicyclic) bond motifs is 1. The number of rotatable bonds is 2. The molecule has 2 aromatic carbocycles. The highest BCUT2D eigenvalue weighted by atomic mass is 32.2. The van der Waals surface area contributed by atoms with Crippen molar-refractivity contribution in [3.8, 4) is 11.1 Å². The predicted octanol–water partition coefficient (Wildman–Crippen LogP) is 4.73. The molecule has 0 bridgehead atoms. The molecular formula is C16H12F3NOS. The SMILES string of the molecule is CSC1C(=O)Nc2ccc(-c3cccc(C(F)(F)F)c3)cc21. The lowest BCUT2D eigenvalue weighted by Crippen LogP contribution is -2.08. The van der Waals surface area contributed by atoms with Gasteiger partial charge in [0.05, 0.1) is 5.56 Å². The lowest BCUT2D eigenvalue weighted by Gasteiger charge is -2.11. The first kappa shape index (κ1) is 15.0. The quantitative estimate of drug-likeness (QED) is 0.866. The van der Waals surface area contributed by atoms with E-state index in [2.05, 4.69) is 5.32 Å².